The van der Waals surface area contributed by atoms with Crippen molar-refractivity contribution < 1.29 is 9.53 Å². The SMILES string of the molecule is COCCN(C(=O)C1CC1)C(C)C. The summed E-state index contributed by atoms with van der Waals surface area (Å²) < 4.78 is 4.98. The van der Waals surface area contributed by atoms with E-state index in [0.29, 0.717) is 24.5 Å². The molecule has 0 heterocycles. The molecule has 3 nitrogen and oxygen atoms in total. The van der Waals surface area contributed by atoms with Gasteiger partial charge >= 0.3 is 0 Å². The fourth-order valence-electron chi connectivity index (χ4n) is 1.38. The molecule has 1 saturated carbocycles. The van der Waals surface area contributed by atoms with Crippen LogP contribution in [0.4, 0.5) is 0 Å². The lowest BCUT2D eigenvalue weighted by Gasteiger charge is -2.26. The van der Waals surface area contributed by atoms with E-state index >= 15 is 0 Å². The van der Waals surface area contributed by atoms with Crippen LogP contribution in [0, 0.1) is 5.92 Å². The Hall–Kier alpha value is -0.570. The minimum absolute atomic E-state index is 0.295. The summed E-state index contributed by atoms with van der Waals surface area (Å²) >= 11 is 0. The quantitative estimate of drug-likeness (QED) is 0.645. The standard InChI is InChI=1S/C10H19NO2/c1-8(2)11(6-7-13-3)10(12)9-4-5-9/h8-9H,4-7H2,1-3H3. The van der Waals surface area contributed by atoms with E-state index in [1.807, 2.05) is 4.90 Å². The zero-order valence-corrected chi connectivity index (χ0v) is 8.75. The van der Waals surface area contributed by atoms with E-state index in [9.17, 15) is 4.79 Å². The predicted molar refractivity (Wildman–Crippen MR) is 51.4 cm³/mol. The Kier molecular flexibility index (Phi) is 3.72. The first-order valence-corrected chi connectivity index (χ1v) is 4.96. The van der Waals surface area contributed by atoms with Gasteiger partial charge in [0.1, 0.15) is 0 Å². The van der Waals surface area contributed by atoms with Gasteiger partial charge in [0.2, 0.25) is 5.91 Å². The number of hydrogen-bond donors (Lipinski definition) is 0. The Morgan fingerprint density at radius 1 is 1.54 bits per heavy atom. The third kappa shape index (κ3) is 2.99. The van der Waals surface area contributed by atoms with Crippen molar-refractivity contribution in [2.45, 2.75) is 32.7 Å². The first-order valence-electron chi connectivity index (χ1n) is 4.96. The van der Waals surface area contributed by atoms with Gasteiger partial charge in [-0.1, -0.05) is 0 Å². The molecular weight excluding hydrogens is 166 g/mol. The minimum Gasteiger partial charge on any atom is -0.383 e. The molecule has 3 heteroatoms. The number of carbonyl (C=O) groups excluding carboxylic acids is 1. The van der Waals surface area contributed by atoms with Gasteiger partial charge in [-0.15, -0.1) is 0 Å². The van der Waals surface area contributed by atoms with Crippen LogP contribution in [0.1, 0.15) is 26.7 Å². The van der Waals surface area contributed by atoms with Crippen LogP contribution in [0.25, 0.3) is 0 Å². The van der Waals surface area contributed by atoms with E-state index in [0.717, 1.165) is 19.4 Å². The lowest BCUT2D eigenvalue weighted by Crippen LogP contribution is -2.40. The summed E-state index contributed by atoms with van der Waals surface area (Å²) in [6, 6.07) is 0.295. The number of amides is 1. The van der Waals surface area contributed by atoms with E-state index in [-0.39, 0.29) is 0 Å². The average Bonchev–Trinajstić information content (AvgIpc) is 2.86. The molecule has 0 saturated heterocycles. The lowest BCUT2D eigenvalue weighted by atomic mass is 10.2. The van der Waals surface area contributed by atoms with Crippen molar-refractivity contribution >= 4 is 5.91 Å². The number of ether oxygens (including phenoxy) is 1. The Balaban J connectivity index is 2.40. The molecule has 1 aliphatic rings. The normalized spacial score (nSPS) is 16.3. The highest BCUT2D eigenvalue weighted by Crippen LogP contribution is 2.31. The number of carbonyl (C=O) groups is 1. The summed E-state index contributed by atoms with van der Waals surface area (Å²) in [5.74, 6) is 0.631. The summed E-state index contributed by atoms with van der Waals surface area (Å²) in [5, 5.41) is 0. The highest BCUT2D eigenvalue weighted by atomic mass is 16.5. The first-order chi connectivity index (χ1) is 6.16. The molecule has 0 atom stereocenters. The van der Waals surface area contributed by atoms with Gasteiger partial charge in [-0.3, -0.25) is 4.79 Å². The summed E-state index contributed by atoms with van der Waals surface area (Å²) in [7, 11) is 1.67. The van der Waals surface area contributed by atoms with Crippen LogP contribution in [-0.2, 0) is 9.53 Å². The number of rotatable bonds is 5. The number of methoxy groups -OCH3 is 1. The summed E-state index contributed by atoms with van der Waals surface area (Å²) in [5.41, 5.74) is 0. The van der Waals surface area contributed by atoms with Crippen LogP contribution in [0.5, 0.6) is 0 Å². The van der Waals surface area contributed by atoms with Crippen LogP contribution >= 0.6 is 0 Å². The lowest BCUT2D eigenvalue weighted by molar-refractivity contribution is -0.134. The van der Waals surface area contributed by atoms with Gasteiger partial charge in [-0.2, -0.15) is 0 Å². The van der Waals surface area contributed by atoms with Crippen molar-refractivity contribution in [1.29, 1.82) is 0 Å². The van der Waals surface area contributed by atoms with E-state index in [2.05, 4.69) is 13.8 Å². The van der Waals surface area contributed by atoms with E-state index in [4.69, 9.17) is 4.74 Å². The maximum Gasteiger partial charge on any atom is 0.225 e. The molecule has 0 aromatic rings. The molecule has 1 amide bonds. The summed E-state index contributed by atoms with van der Waals surface area (Å²) in [4.78, 5) is 13.6. The molecule has 0 N–H and O–H groups in total. The largest absolute Gasteiger partial charge is 0.383 e. The topological polar surface area (TPSA) is 29.5 Å². The Labute approximate surface area is 80.1 Å². The predicted octanol–water partition coefficient (Wildman–Crippen LogP) is 1.28. The fourth-order valence-corrected chi connectivity index (χ4v) is 1.38. The zero-order chi connectivity index (χ0) is 9.84. The van der Waals surface area contributed by atoms with Crippen LogP contribution in [-0.4, -0.2) is 37.1 Å². The summed E-state index contributed by atoms with van der Waals surface area (Å²) in [6.07, 6.45) is 2.16. The molecule has 0 radical (unpaired) electrons. The molecule has 0 aliphatic heterocycles. The second kappa shape index (κ2) is 4.61. The number of nitrogens with zero attached hydrogens (tertiary/aromatic N) is 1. The monoisotopic (exact) mass is 185 g/mol. The molecule has 76 valence electrons. The van der Waals surface area contributed by atoms with Crippen LogP contribution in [0.3, 0.4) is 0 Å². The third-order valence-electron chi connectivity index (χ3n) is 2.37. The van der Waals surface area contributed by atoms with Crippen molar-refractivity contribution in [1.82, 2.24) is 4.90 Å². The van der Waals surface area contributed by atoms with E-state index < -0.39 is 0 Å². The molecule has 0 spiro atoms. The molecule has 1 aliphatic carbocycles. The van der Waals surface area contributed by atoms with Gasteiger partial charge in [-0.05, 0) is 26.7 Å². The highest BCUT2D eigenvalue weighted by molar-refractivity contribution is 5.81. The highest BCUT2D eigenvalue weighted by Gasteiger charge is 2.33. The molecule has 0 unspecified atom stereocenters. The molecule has 0 aromatic carbocycles. The van der Waals surface area contributed by atoms with Gasteiger partial charge in [0, 0.05) is 25.6 Å². The van der Waals surface area contributed by atoms with Crippen LogP contribution in [0.15, 0.2) is 0 Å². The third-order valence-corrected chi connectivity index (χ3v) is 2.37. The van der Waals surface area contributed by atoms with Crippen molar-refractivity contribution in [3.8, 4) is 0 Å². The van der Waals surface area contributed by atoms with Gasteiger partial charge in [0.25, 0.3) is 0 Å². The molecule has 0 aromatic heterocycles. The summed E-state index contributed by atoms with van der Waals surface area (Å²) in [6.45, 7) is 5.46. The van der Waals surface area contributed by atoms with Gasteiger partial charge < -0.3 is 9.64 Å². The van der Waals surface area contributed by atoms with Crippen molar-refractivity contribution in [2.24, 2.45) is 5.92 Å². The molecule has 13 heavy (non-hydrogen) atoms. The van der Waals surface area contributed by atoms with Gasteiger partial charge in [0.15, 0.2) is 0 Å². The molecular formula is C10H19NO2. The average molecular weight is 185 g/mol. The Morgan fingerprint density at radius 3 is 2.54 bits per heavy atom. The fraction of sp³-hybridized carbons (Fsp3) is 0.900. The smallest absolute Gasteiger partial charge is 0.225 e. The van der Waals surface area contributed by atoms with Crippen molar-refractivity contribution in [3.63, 3.8) is 0 Å². The van der Waals surface area contributed by atoms with Crippen molar-refractivity contribution in [3.05, 3.63) is 0 Å². The second-order valence-corrected chi connectivity index (χ2v) is 3.89. The Morgan fingerprint density at radius 2 is 2.15 bits per heavy atom. The van der Waals surface area contributed by atoms with E-state index in [1.54, 1.807) is 7.11 Å². The first kappa shape index (κ1) is 10.5. The number of hydrogen-bond acceptors (Lipinski definition) is 2. The molecule has 1 rings (SSSR count). The van der Waals surface area contributed by atoms with Gasteiger partial charge in [-0.25, -0.2) is 0 Å². The van der Waals surface area contributed by atoms with Gasteiger partial charge in [0.05, 0.1) is 6.61 Å². The Bertz CT molecular complexity index is 176. The van der Waals surface area contributed by atoms with Crippen molar-refractivity contribution in [2.75, 3.05) is 20.3 Å². The second-order valence-electron chi connectivity index (χ2n) is 3.89. The molecule has 0 bridgehead atoms. The van der Waals surface area contributed by atoms with Crippen LogP contribution < -0.4 is 0 Å². The minimum atomic E-state index is 0.295. The van der Waals surface area contributed by atoms with Crippen LogP contribution in [0.2, 0.25) is 0 Å². The maximum atomic E-state index is 11.7. The maximum absolute atomic E-state index is 11.7. The zero-order valence-electron chi connectivity index (χ0n) is 8.75. The molecule has 1 fully saturated rings. The van der Waals surface area contributed by atoms with E-state index in [1.165, 1.54) is 0 Å².